The van der Waals surface area contributed by atoms with Gasteiger partial charge < -0.3 is 41.6 Å². The van der Waals surface area contributed by atoms with Crippen LogP contribution >= 0.6 is 0 Å². The average molecular weight is 725 g/mol. The maximum Gasteiger partial charge on any atom is 0.326 e. The molecule has 288 valence electrons. The molecule has 0 saturated carbocycles. The summed E-state index contributed by atoms with van der Waals surface area (Å²) >= 11 is 0. The smallest absolute Gasteiger partial charge is 0.326 e. The van der Waals surface area contributed by atoms with E-state index in [-0.39, 0.29) is 42.2 Å². The van der Waals surface area contributed by atoms with Crippen LogP contribution in [0, 0.1) is 11.3 Å². The van der Waals surface area contributed by atoms with Crippen LogP contribution in [0.5, 0.6) is 0 Å². The maximum atomic E-state index is 14.5. The fourth-order valence-corrected chi connectivity index (χ4v) is 6.51. The lowest BCUT2D eigenvalue weighted by molar-refractivity contribution is -0.144. The number of fused-ring (bicyclic) bond motifs is 1. The Labute approximate surface area is 308 Å². The number of nitrogens with one attached hydrogen (secondary N) is 2. The van der Waals surface area contributed by atoms with Crippen LogP contribution in [0.25, 0.3) is 10.9 Å². The molecule has 4 atom stereocenters. The predicted octanol–water partition coefficient (Wildman–Crippen LogP) is 2.89. The molecule has 0 aliphatic heterocycles. The molecule has 0 saturated heterocycles. The van der Waals surface area contributed by atoms with Crippen LogP contribution in [-0.4, -0.2) is 99.8 Å². The first kappa shape index (κ1) is 43.3. The second kappa shape index (κ2) is 17.6. The third kappa shape index (κ3) is 10.6. The van der Waals surface area contributed by atoms with Crippen LogP contribution in [0.1, 0.15) is 80.7 Å². The second-order valence-electron chi connectivity index (χ2n) is 15.6. The van der Waals surface area contributed by atoms with Crippen LogP contribution in [0.3, 0.4) is 0 Å². The quantitative estimate of drug-likeness (QED) is 0.0752. The fourth-order valence-electron chi connectivity index (χ4n) is 6.51. The average Bonchev–Trinajstić information content (AvgIpc) is 3.39. The predicted molar refractivity (Wildman–Crippen MR) is 204 cm³/mol. The number of carbonyl (C=O) groups is 5. The number of benzene rings is 1. The third-order valence-electron chi connectivity index (χ3n) is 9.61. The molecular formula is C38H60N8O6. The molecule has 2 aromatic rings. The van der Waals surface area contributed by atoms with Crippen LogP contribution in [-0.2, 0) is 36.4 Å². The molecule has 0 spiro atoms. The molecule has 14 nitrogen and oxygen atoms in total. The van der Waals surface area contributed by atoms with Gasteiger partial charge in [0.05, 0.1) is 6.04 Å². The Kier molecular flexibility index (Phi) is 14.6. The molecule has 1 aromatic carbocycles. The molecule has 0 fully saturated rings. The number of nitrogens with two attached hydrogens (primary N) is 2. The summed E-state index contributed by atoms with van der Waals surface area (Å²) in [5, 5.41) is 16.2. The number of rotatable bonds is 16. The highest BCUT2D eigenvalue weighted by Gasteiger charge is 2.45. The summed E-state index contributed by atoms with van der Waals surface area (Å²) in [6.07, 6.45) is 4.06. The molecule has 0 aliphatic rings. The lowest BCUT2D eigenvalue weighted by Crippen LogP contribution is -2.62. The first-order valence-electron chi connectivity index (χ1n) is 17.6. The Hall–Kier alpha value is -4.88. The lowest BCUT2D eigenvalue weighted by Gasteiger charge is -2.42. The molecule has 0 aliphatic carbocycles. The van der Waals surface area contributed by atoms with E-state index in [9.17, 15) is 29.1 Å². The largest absolute Gasteiger partial charge is 0.480 e. The Bertz CT molecular complexity index is 1680. The lowest BCUT2D eigenvalue weighted by atomic mass is 9.75. The van der Waals surface area contributed by atoms with Crippen molar-refractivity contribution in [1.82, 2.24) is 25.0 Å². The summed E-state index contributed by atoms with van der Waals surface area (Å²) in [5.41, 5.74) is 11.1. The van der Waals surface area contributed by atoms with Gasteiger partial charge in [-0.25, -0.2) is 4.79 Å². The van der Waals surface area contributed by atoms with E-state index in [2.05, 4.69) is 15.6 Å². The number of nitrogens with zero attached hydrogens (tertiary/aromatic N) is 4. The van der Waals surface area contributed by atoms with Crippen LogP contribution in [0.15, 0.2) is 47.1 Å². The van der Waals surface area contributed by atoms with Gasteiger partial charge in [-0.15, -0.1) is 0 Å². The van der Waals surface area contributed by atoms with Crippen molar-refractivity contribution in [2.24, 2.45) is 34.8 Å². The highest BCUT2D eigenvalue weighted by atomic mass is 16.4. The van der Waals surface area contributed by atoms with Gasteiger partial charge in [0.2, 0.25) is 23.6 Å². The van der Waals surface area contributed by atoms with Gasteiger partial charge in [-0.05, 0) is 42.7 Å². The highest BCUT2D eigenvalue weighted by Crippen LogP contribution is 2.37. The van der Waals surface area contributed by atoms with Gasteiger partial charge in [-0.3, -0.25) is 24.2 Å². The number of hydrogen-bond donors (Lipinski definition) is 5. The number of hydrogen-bond acceptors (Lipinski definition) is 6. The van der Waals surface area contributed by atoms with Crippen molar-refractivity contribution < 1.29 is 29.1 Å². The zero-order chi connectivity index (χ0) is 39.9. The van der Waals surface area contributed by atoms with E-state index < -0.39 is 52.8 Å². The van der Waals surface area contributed by atoms with Gasteiger partial charge in [0.15, 0.2) is 5.96 Å². The topological polar surface area (TPSA) is 205 Å². The zero-order valence-corrected chi connectivity index (χ0v) is 32.9. The second-order valence-corrected chi connectivity index (χ2v) is 15.6. The Morgan fingerprint density at radius 3 is 2.10 bits per heavy atom. The molecule has 52 heavy (non-hydrogen) atoms. The summed E-state index contributed by atoms with van der Waals surface area (Å²) in [5.74, 6) is -3.23. The first-order chi connectivity index (χ1) is 23.9. The molecule has 7 N–H and O–H groups in total. The van der Waals surface area contributed by atoms with Crippen molar-refractivity contribution in [2.45, 2.75) is 105 Å². The molecule has 0 bridgehead atoms. The van der Waals surface area contributed by atoms with Gasteiger partial charge in [0.25, 0.3) is 0 Å². The van der Waals surface area contributed by atoms with Gasteiger partial charge in [-0.2, -0.15) is 0 Å². The summed E-state index contributed by atoms with van der Waals surface area (Å²) < 4.78 is 1.99. The number of likely N-dealkylation sites (N-methyl/N-ethyl adjacent to an activating group) is 2. The summed E-state index contributed by atoms with van der Waals surface area (Å²) in [6, 6.07) is 4.12. The van der Waals surface area contributed by atoms with Gasteiger partial charge in [0.1, 0.15) is 18.1 Å². The zero-order valence-electron chi connectivity index (χ0n) is 32.9. The van der Waals surface area contributed by atoms with E-state index >= 15 is 0 Å². The molecular weight excluding hydrogens is 664 g/mol. The van der Waals surface area contributed by atoms with E-state index in [1.54, 1.807) is 27.1 Å². The van der Waals surface area contributed by atoms with Crippen molar-refractivity contribution in [1.29, 1.82) is 0 Å². The highest BCUT2D eigenvalue weighted by molar-refractivity contribution is 5.96. The van der Waals surface area contributed by atoms with Crippen molar-refractivity contribution in [3.63, 3.8) is 0 Å². The molecule has 0 unspecified atom stereocenters. The summed E-state index contributed by atoms with van der Waals surface area (Å²) in [7, 11) is 5.14. The number of aliphatic imine (C=N–C) groups is 1. The van der Waals surface area contributed by atoms with Gasteiger partial charge >= 0.3 is 5.97 Å². The van der Waals surface area contributed by atoms with E-state index in [1.165, 1.54) is 16.7 Å². The minimum Gasteiger partial charge on any atom is -0.480 e. The van der Waals surface area contributed by atoms with Crippen LogP contribution in [0.4, 0.5) is 0 Å². The van der Waals surface area contributed by atoms with Crippen molar-refractivity contribution in [3.8, 4) is 0 Å². The minimum atomic E-state index is -1.19. The maximum absolute atomic E-state index is 14.5. The summed E-state index contributed by atoms with van der Waals surface area (Å²) in [6.45, 7) is 16.4. The number of carbonyl (C=O) groups excluding carboxylic acids is 4. The Balaban J connectivity index is 2.44. The number of carboxylic acids is 1. The monoisotopic (exact) mass is 724 g/mol. The number of aromatic nitrogens is 1. The van der Waals surface area contributed by atoms with Crippen molar-refractivity contribution in [3.05, 3.63) is 47.7 Å². The van der Waals surface area contributed by atoms with Gasteiger partial charge in [0, 0.05) is 62.7 Å². The van der Waals surface area contributed by atoms with Crippen molar-refractivity contribution in [2.75, 3.05) is 20.6 Å². The normalized spacial score (nSPS) is 14.6. The summed E-state index contributed by atoms with van der Waals surface area (Å²) in [4.78, 5) is 73.5. The van der Waals surface area contributed by atoms with E-state index in [4.69, 9.17) is 11.5 Å². The molecule has 1 heterocycles. The third-order valence-corrected chi connectivity index (χ3v) is 9.61. The SMILES string of the molecule is CC(=O)N(C)[C@H](C(=O)N[C@H](C(=O)N(C)[C@H](/C=C(\C)C(=O)N[C@@H](CCCN=C(N)N)C(=O)O)C(C)C)C(C)(C)C)C(C)(C)c1cn(C)c2ccccc12. The van der Waals surface area contributed by atoms with Crippen molar-refractivity contribution >= 4 is 46.5 Å². The molecule has 2 rings (SSSR count). The van der Waals surface area contributed by atoms with E-state index in [0.717, 1.165) is 16.5 Å². The Morgan fingerprint density at radius 1 is 0.981 bits per heavy atom. The Morgan fingerprint density at radius 2 is 1.58 bits per heavy atom. The molecule has 14 heteroatoms. The number of aryl methyl sites for hydroxylation is 1. The minimum absolute atomic E-state index is 0.102. The molecule has 4 amide bonds. The van der Waals surface area contributed by atoms with Crippen LogP contribution < -0.4 is 22.1 Å². The van der Waals surface area contributed by atoms with E-state index in [0.29, 0.717) is 6.42 Å². The number of carboxylic acid groups (broad SMARTS) is 1. The number of aliphatic carboxylic acids is 1. The fraction of sp³-hybridized carbons (Fsp3) is 0.579. The first-order valence-corrected chi connectivity index (χ1v) is 17.6. The standard InChI is InChI=1S/C38H60N8O6/c1-22(2)29(20-23(3)32(48)42-27(35(51)52)17-15-19-41-36(39)40)46(12)34(50)30(37(5,6)7)43-33(49)31(45(11)24(4)47)38(8,9)26-21-44(10)28-18-14-13-16-25(26)28/h13-14,16,18,20-22,27,29-31H,15,17,19H2,1-12H3,(H,42,48)(H,43,49)(H,51,52)(H4,39,40,41)/b23-20+/t27-,29+,30+,31+/m0/s1. The number of para-hydroxylation sites is 1. The van der Waals surface area contributed by atoms with Gasteiger partial charge in [-0.1, -0.05) is 72.7 Å². The number of amides is 4. The molecule has 1 aromatic heterocycles. The van der Waals surface area contributed by atoms with E-state index in [1.807, 2.05) is 90.5 Å². The molecule has 0 radical (unpaired) electrons. The van der Waals surface area contributed by atoms with Crippen LogP contribution in [0.2, 0.25) is 0 Å². The number of guanidine groups is 1.